The zero-order chi connectivity index (χ0) is 28.3. The molecule has 2 aromatic heterocycles. The molecule has 4 rings (SSSR count). The van der Waals surface area contributed by atoms with E-state index in [9.17, 15) is 27.6 Å². The maximum Gasteiger partial charge on any atom is 0.573 e. The van der Waals surface area contributed by atoms with Gasteiger partial charge in [0, 0.05) is 30.5 Å². The second-order valence-electron chi connectivity index (χ2n) is 7.81. The molecule has 0 bridgehead atoms. The molecule has 0 saturated carbocycles. The van der Waals surface area contributed by atoms with E-state index in [0.29, 0.717) is 11.0 Å². The minimum absolute atomic E-state index is 0.00639. The summed E-state index contributed by atoms with van der Waals surface area (Å²) in [5.74, 6) is -2.04. The van der Waals surface area contributed by atoms with Gasteiger partial charge in [-0.2, -0.15) is 0 Å². The minimum atomic E-state index is -4.86. The molecule has 0 aliphatic heterocycles. The highest BCUT2D eigenvalue weighted by atomic mass is 79.9. The highest BCUT2D eigenvalue weighted by molar-refractivity contribution is 9.10. The van der Waals surface area contributed by atoms with Gasteiger partial charge in [0.2, 0.25) is 12.1 Å². The third kappa shape index (κ3) is 7.10. The van der Waals surface area contributed by atoms with Gasteiger partial charge in [0.25, 0.3) is 5.91 Å². The van der Waals surface area contributed by atoms with Crippen molar-refractivity contribution in [3.8, 4) is 17.3 Å². The number of benzene rings is 2. The predicted octanol–water partition coefficient (Wildman–Crippen LogP) is 4.62. The molecule has 0 fully saturated rings. The Morgan fingerprint density at radius 3 is 2.54 bits per heavy atom. The molecule has 1 unspecified atom stereocenters. The van der Waals surface area contributed by atoms with Gasteiger partial charge in [0.05, 0.1) is 4.47 Å². The Morgan fingerprint density at radius 1 is 1.10 bits per heavy atom. The highest BCUT2D eigenvalue weighted by Gasteiger charge is 2.32. The van der Waals surface area contributed by atoms with Crippen molar-refractivity contribution in [2.24, 2.45) is 0 Å². The third-order valence-electron chi connectivity index (χ3n) is 4.84. The van der Waals surface area contributed by atoms with E-state index in [-0.39, 0.29) is 33.9 Å². The van der Waals surface area contributed by atoms with Crippen molar-refractivity contribution >= 4 is 50.4 Å². The number of esters is 2. The lowest BCUT2D eigenvalue weighted by molar-refractivity contribution is -0.274. The van der Waals surface area contributed by atoms with Crippen LogP contribution in [0.2, 0.25) is 0 Å². The Balaban J connectivity index is 1.51. The summed E-state index contributed by atoms with van der Waals surface area (Å²) in [6, 6.07) is 9.77. The summed E-state index contributed by atoms with van der Waals surface area (Å²) >= 11 is 2.98. The summed E-state index contributed by atoms with van der Waals surface area (Å²) < 4.78 is 57.0. The molecule has 12 nitrogen and oxygen atoms in total. The van der Waals surface area contributed by atoms with E-state index in [4.69, 9.17) is 13.9 Å². The van der Waals surface area contributed by atoms with Gasteiger partial charge in [-0.3, -0.25) is 14.4 Å². The average Bonchev–Trinajstić information content (AvgIpc) is 3.49. The molecular formula is C23H17BrF3N5O7. The summed E-state index contributed by atoms with van der Waals surface area (Å²) in [5.41, 5.74) is 0.724. The van der Waals surface area contributed by atoms with Crippen LogP contribution in [0.5, 0.6) is 5.75 Å². The van der Waals surface area contributed by atoms with Gasteiger partial charge in [0.1, 0.15) is 11.3 Å². The van der Waals surface area contributed by atoms with Gasteiger partial charge in [-0.1, -0.05) is 6.07 Å². The fourth-order valence-corrected chi connectivity index (χ4v) is 3.71. The number of nitrogens with zero attached hydrogens (tertiary/aromatic N) is 4. The van der Waals surface area contributed by atoms with Crippen LogP contribution in [0.25, 0.3) is 22.6 Å². The number of carbonyl (C=O) groups is 3. The van der Waals surface area contributed by atoms with Gasteiger partial charge >= 0.3 is 18.3 Å². The van der Waals surface area contributed by atoms with Crippen LogP contribution in [0.15, 0.2) is 51.4 Å². The first-order valence-electron chi connectivity index (χ1n) is 10.9. The Morgan fingerprint density at radius 2 is 1.87 bits per heavy atom. The number of tetrazole rings is 1. The largest absolute Gasteiger partial charge is 0.573 e. The minimum Gasteiger partial charge on any atom is -0.460 e. The SMILES string of the molecule is CC(=O)OCC(OC(C)=O)n1nnc(-c2cc3ccc(C(=O)Nc4ccc(OC(F)(F)F)c(Br)c4)cc3o2)n1. The van der Waals surface area contributed by atoms with Crippen molar-refractivity contribution in [1.29, 1.82) is 0 Å². The predicted molar refractivity (Wildman–Crippen MR) is 129 cm³/mol. The smallest absolute Gasteiger partial charge is 0.460 e. The van der Waals surface area contributed by atoms with Crippen molar-refractivity contribution in [2.75, 3.05) is 11.9 Å². The van der Waals surface area contributed by atoms with Gasteiger partial charge in [0.15, 0.2) is 12.4 Å². The molecule has 1 amide bonds. The quantitative estimate of drug-likeness (QED) is 0.280. The zero-order valence-corrected chi connectivity index (χ0v) is 21.6. The van der Waals surface area contributed by atoms with E-state index in [0.717, 1.165) is 10.9 Å². The van der Waals surface area contributed by atoms with Crippen LogP contribution in [0.3, 0.4) is 0 Å². The fraction of sp³-hybridized carbons (Fsp3) is 0.217. The van der Waals surface area contributed by atoms with E-state index in [1.807, 2.05) is 0 Å². The van der Waals surface area contributed by atoms with E-state index in [1.54, 1.807) is 12.1 Å². The van der Waals surface area contributed by atoms with E-state index in [1.165, 1.54) is 38.1 Å². The first kappa shape index (κ1) is 27.6. The molecule has 39 heavy (non-hydrogen) atoms. The van der Waals surface area contributed by atoms with Gasteiger partial charge in [-0.25, -0.2) is 0 Å². The zero-order valence-electron chi connectivity index (χ0n) is 20.0. The third-order valence-corrected chi connectivity index (χ3v) is 5.45. The second kappa shape index (κ2) is 11.1. The van der Waals surface area contributed by atoms with Crippen molar-refractivity contribution in [1.82, 2.24) is 20.2 Å². The molecule has 204 valence electrons. The summed E-state index contributed by atoms with van der Waals surface area (Å²) in [7, 11) is 0. The van der Waals surface area contributed by atoms with Gasteiger partial charge < -0.3 is 23.9 Å². The number of hydrogen-bond acceptors (Lipinski definition) is 10. The summed E-state index contributed by atoms with van der Waals surface area (Å²) in [5, 5.41) is 15.0. The number of carbonyl (C=O) groups excluding carboxylic acids is 3. The van der Waals surface area contributed by atoms with Crippen LogP contribution in [0.1, 0.15) is 30.4 Å². The summed E-state index contributed by atoms with van der Waals surface area (Å²) in [4.78, 5) is 36.2. The lowest BCUT2D eigenvalue weighted by atomic mass is 10.1. The van der Waals surface area contributed by atoms with Gasteiger partial charge in [-0.05, 0) is 57.5 Å². The molecule has 2 heterocycles. The van der Waals surface area contributed by atoms with Crippen LogP contribution in [-0.2, 0) is 19.1 Å². The van der Waals surface area contributed by atoms with Crippen LogP contribution >= 0.6 is 15.9 Å². The second-order valence-corrected chi connectivity index (χ2v) is 8.66. The Kier molecular flexibility index (Phi) is 7.85. The van der Waals surface area contributed by atoms with Crippen molar-refractivity contribution < 1.29 is 46.2 Å². The number of hydrogen-bond donors (Lipinski definition) is 1. The number of amides is 1. The van der Waals surface area contributed by atoms with Crippen LogP contribution < -0.4 is 10.1 Å². The lowest BCUT2D eigenvalue weighted by Crippen LogP contribution is -2.24. The molecule has 0 aliphatic carbocycles. The maximum absolute atomic E-state index is 12.7. The standard InChI is InChI=1S/C23H17BrF3N5O7/c1-11(33)36-10-20(37-12(2)34)32-30-21(29-31-32)19-7-13-3-4-14(8-18(13)38-19)22(35)28-15-5-6-17(16(24)9-15)39-23(25,26)27/h3-9,20H,10H2,1-2H3,(H,28,35). The normalized spacial score (nSPS) is 12.2. The number of furan rings is 1. The number of ether oxygens (including phenoxy) is 3. The van der Waals surface area contributed by atoms with E-state index >= 15 is 0 Å². The number of anilines is 1. The van der Waals surface area contributed by atoms with Crippen molar-refractivity contribution in [3.05, 3.63) is 52.5 Å². The number of nitrogens with one attached hydrogen (secondary N) is 1. The number of alkyl halides is 3. The Bertz CT molecular complexity index is 1550. The molecule has 1 N–H and O–H groups in total. The summed E-state index contributed by atoms with van der Waals surface area (Å²) in [6.07, 6.45) is -6.01. The molecule has 0 saturated heterocycles. The maximum atomic E-state index is 12.7. The monoisotopic (exact) mass is 611 g/mol. The molecule has 4 aromatic rings. The van der Waals surface area contributed by atoms with Crippen LogP contribution in [0, 0.1) is 0 Å². The van der Waals surface area contributed by atoms with Crippen LogP contribution in [0.4, 0.5) is 18.9 Å². The first-order valence-corrected chi connectivity index (χ1v) is 11.7. The van der Waals surface area contributed by atoms with E-state index < -0.39 is 36.2 Å². The number of rotatable bonds is 8. The molecule has 0 spiro atoms. The number of halogens is 4. The van der Waals surface area contributed by atoms with Crippen molar-refractivity contribution in [2.45, 2.75) is 26.4 Å². The molecule has 16 heteroatoms. The first-order chi connectivity index (χ1) is 18.4. The van der Waals surface area contributed by atoms with Gasteiger partial charge in [-0.15, -0.1) is 28.2 Å². The average molecular weight is 612 g/mol. The Hall–Kier alpha value is -4.47. The van der Waals surface area contributed by atoms with E-state index in [2.05, 4.69) is 41.4 Å². The van der Waals surface area contributed by atoms with Crippen molar-refractivity contribution in [3.63, 3.8) is 0 Å². The number of aromatic nitrogens is 4. The molecule has 0 radical (unpaired) electrons. The fourth-order valence-electron chi connectivity index (χ4n) is 3.25. The van der Waals surface area contributed by atoms with Crippen LogP contribution in [-0.4, -0.2) is 51.0 Å². The Labute approximate surface area is 225 Å². The molecular weight excluding hydrogens is 595 g/mol. The number of fused-ring (bicyclic) bond motifs is 1. The molecule has 0 aliphatic rings. The topological polar surface area (TPSA) is 148 Å². The summed E-state index contributed by atoms with van der Waals surface area (Å²) in [6.45, 7) is 2.02. The highest BCUT2D eigenvalue weighted by Crippen LogP contribution is 2.33. The lowest BCUT2D eigenvalue weighted by Gasteiger charge is -2.14. The molecule has 2 aromatic carbocycles. The molecule has 1 atom stereocenters.